The van der Waals surface area contributed by atoms with E-state index in [0.717, 1.165) is 41.4 Å². The number of piperidine rings is 1. The van der Waals surface area contributed by atoms with Crippen LogP contribution < -0.4 is 0 Å². The molecule has 1 radical (unpaired) electrons. The minimum Gasteiger partial charge on any atom is -0.346 e. The lowest BCUT2D eigenvalue weighted by Gasteiger charge is -2.46. The first-order valence-electron chi connectivity index (χ1n) is 14.2. The molecule has 1 N–H and O–H groups in total. The quantitative estimate of drug-likeness (QED) is 0.338. The molecule has 1 atom stereocenters. The molecule has 1 amide bonds. The minimum absolute atomic E-state index is 0.0371. The summed E-state index contributed by atoms with van der Waals surface area (Å²) in [6, 6.07) is 4.65. The third-order valence-corrected chi connectivity index (χ3v) is 8.43. The van der Waals surface area contributed by atoms with E-state index >= 15 is 0 Å². The molecule has 0 aliphatic carbocycles. The van der Waals surface area contributed by atoms with Gasteiger partial charge in [0.2, 0.25) is 5.82 Å². The summed E-state index contributed by atoms with van der Waals surface area (Å²) in [6.07, 6.45) is 3.03. The number of amides is 1. The number of nitrogens with zero attached hydrogens (tertiary/aromatic N) is 9. The molecular weight excluding hydrogens is 568 g/mol. The van der Waals surface area contributed by atoms with Crippen LogP contribution in [0.4, 0.5) is 17.6 Å². The van der Waals surface area contributed by atoms with Crippen LogP contribution >= 0.6 is 0 Å². The number of H-pyrrole nitrogens is 1. The SMILES string of the molecule is O=C(c1cc(CN2CC[C@@H](F)C2)nc(C(F)(F)F)n1)N1CCC(N2C[C](n3cc(-c4ncnc5[nH]ccc45)cn3)C2)CC1. The first-order chi connectivity index (χ1) is 20.7. The van der Waals surface area contributed by atoms with Crippen molar-refractivity contribution in [1.82, 2.24) is 49.4 Å². The first-order valence-corrected chi connectivity index (χ1v) is 14.2. The molecule has 225 valence electrons. The highest BCUT2D eigenvalue weighted by Crippen LogP contribution is 2.31. The lowest BCUT2D eigenvalue weighted by molar-refractivity contribution is -0.145. The van der Waals surface area contributed by atoms with Gasteiger partial charge in [-0.05, 0) is 31.4 Å². The highest BCUT2D eigenvalue weighted by Gasteiger charge is 2.39. The number of carbonyl (C=O) groups excluding carboxylic acids is 1. The molecule has 0 saturated carbocycles. The van der Waals surface area contributed by atoms with E-state index in [0.29, 0.717) is 38.9 Å². The number of aromatic amines is 1. The van der Waals surface area contributed by atoms with Crippen LogP contribution in [0.1, 0.15) is 41.3 Å². The molecule has 11 nitrogen and oxygen atoms in total. The Morgan fingerprint density at radius 1 is 1.07 bits per heavy atom. The molecule has 4 aromatic heterocycles. The van der Waals surface area contributed by atoms with E-state index in [9.17, 15) is 22.4 Å². The summed E-state index contributed by atoms with van der Waals surface area (Å²) in [7, 11) is 0. The van der Waals surface area contributed by atoms with Crippen molar-refractivity contribution < 1.29 is 22.4 Å². The van der Waals surface area contributed by atoms with E-state index in [-0.39, 0.29) is 30.5 Å². The highest BCUT2D eigenvalue weighted by molar-refractivity contribution is 5.92. The van der Waals surface area contributed by atoms with Crippen LogP contribution in [-0.2, 0) is 12.7 Å². The summed E-state index contributed by atoms with van der Waals surface area (Å²) >= 11 is 0. The monoisotopic (exact) mass is 597 g/mol. The zero-order valence-corrected chi connectivity index (χ0v) is 23.1. The normalized spacial score (nSPS) is 21.1. The van der Waals surface area contributed by atoms with Crippen LogP contribution in [0.15, 0.2) is 37.1 Å². The van der Waals surface area contributed by atoms with Crippen LogP contribution in [0, 0.1) is 6.04 Å². The van der Waals surface area contributed by atoms with Crippen molar-refractivity contribution in [1.29, 1.82) is 0 Å². The molecule has 43 heavy (non-hydrogen) atoms. The molecule has 0 bridgehead atoms. The molecular formula is C28H29F4N10O. The third kappa shape index (κ3) is 5.58. The molecule has 7 heterocycles. The molecule has 4 aromatic rings. The molecule has 3 aliphatic heterocycles. The van der Waals surface area contributed by atoms with E-state index < -0.39 is 24.1 Å². The minimum atomic E-state index is -4.80. The molecule has 0 spiro atoms. The number of fused-ring (bicyclic) bond motifs is 1. The van der Waals surface area contributed by atoms with Crippen molar-refractivity contribution in [2.45, 2.75) is 44.2 Å². The smallest absolute Gasteiger partial charge is 0.346 e. The Morgan fingerprint density at radius 3 is 2.63 bits per heavy atom. The number of likely N-dealkylation sites (tertiary alicyclic amines) is 3. The fourth-order valence-electron chi connectivity index (χ4n) is 6.12. The number of aromatic nitrogens is 7. The molecule has 7 rings (SSSR count). The average Bonchev–Trinajstić information content (AvgIpc) is 3.73. The van der Waals surface area contributed by atoms with Gasteiger partial charge < -0.3 is 9.88 Å². The van der Waals surface area contributed by atoms with Crippen LogP contribution in [-0.4, -0.2) is 107 Å². The zero-order valence-electron chi connectivity index (χ0n) is 23.1. The largest absolute Gasteiger partial charge is 0.451 e. The lowest BCUT2D eigenvalue weighted by Crippen LogP contribution is -2.56. The Morgan fingerprint density at radius 2 is 1.88 bits per heavy atom. The molecule has 15 heteroatoms. The van der Waals surface area contributed by atoms with Gasteiger partial charge in [-0.1, -0.05) is 0 Å². The van der Waals surface area contributed by atoms with Gasteiger partial charge in [0.25, 0.3) is 5.91 Å². The maximum Gasteiger partial charge on any atom is 0.451 e. The Hall–Kier alpha value is -3.98. The number of halogens is 4. The van der Waals surface area contributed by atoms with Crippen molar-refractivity contribution >= 4 is 16.9 Å². The van der Waals surface area contributed by atoms with E-state index in [2.05, 4.69) is 34.9 Å². The van der Waals surface area contributed by atoms with Crippen LogP contribution in [0.3, 0.4) is 0 Å². The second-order valence-electron chi connectivity index (χ2n) is 11.3. The number of nitrogens with one attached hydrogen (secondary N) is 1. The predicted molar refractivity (Wildman–Crippen MR) is 146 cm³/mol. The van der Waals surface area contributed by atoms with E-state index in [1.165, 1.54) is 12.4 Å². The van der Waals surface area contributed by atoms with Crippen molar-refractivity contribution in [2.24, 2.45) is 0 Å². The maximum absolute atomic E-state index is 13.6. The van der Waals surface area contributed by atoms with Gasteiger partial charge in [-0.15, -0.1) is 0 Å². The molecule has 3 saturated heterocycles. The van der Waals surface area contributed by atoms with Crippen LogP contribution in [0.2, 0.25) is 0 Å². The fourth-order valence-corrected chi connectivity index (χ4v) is 6.12. The second kappa shape index (κ2) is 10.9. The number of alkyl halides is 4. The Labute approximate surface area is 243 Å². The van der Waals surface area contributed by atoms with Gasteiger partial charge in [0.15, 0.2) is 0 Å². The number of carbonyl (C=O) groups is 1. The Balaban J connectivity index is 0.959. The topological polar surface area (TPSA) is 112 Å². The summed E-state index contributed by atoms with van der Waals surface area (Å²) in [5.74, 6) is -1.89. The maximum atomic E-state index is 13.6. The standard InChI is InChI=1S/C28H29F4N10O/c29-18-2-6-39(12-18)13-19-9-23(38-27(37-19)28(30,31)32)26(43)40-7-3-20(4-8-40)41-14-21(15-41)42-11-17(10-36-42)24-22-1-5-33-25(22)35-16-34-24/h1,5,9-11,16,18,20H,2-4,6-8,12-15H2,(H,33,34,35)/t18-/m1/s1. The van der Waals surface area contributed by atoms with Crippen molar-refractivity contribution in [3.8, 4) is 11.3 Å². The Bertz CT molecular complexity index is 1620. The Kier molecular flexibility index (Phi) is 7.08. The molecule has 0 unspecified atom stereocenters. The van der Waals surface area contributed by atoms with E-state index in [1.54, 1.807) is 16.0 Å². The van der Waals surface area contributed by atoms with Gasteiger partial charge in [0, 0.05) is 75.2 Å². The van der Waals surface area contributed by atoms with Gasteiger partial charge in [-0.25, -0.2) is 24.3 Å². The zero-order chi connectivity index (χ0) is 29.7. The first kappa shape index (κ1) is 27.8. The van der Waals surface area contributed by atoms with Gasteiger partial charge in [0.05, 0.1) is 17.6 Å². The van der Waals surface area contributed by atoms with E-state index in [1.807, 2.05) is 23.1 Å². The van der Waals surface area contributed by atoms with Crippen molar-refractivity contribution in [3.63, 3.8) is 0 Å². The molecule has 3 aliphatic rings. The average molecular weight is 598 g/mol. The van der Waals surface area contributed by atoms with Crippen LogP contribution in [0.5, 0.6) is 0 Å². The molecule has 3 fully saturated rings. The summed E-state index contributed by atoms with van der Waals surface area (Å²) in [4.78, 5) is 37.8. The predicted octanol–water partition coefficient (Wildman–Crippen LogP) is 3.17. The summed E-state index contributed by atoms with van der Waals surface area (Å²) in [6.45, 7) is 2.91. The van der Waals surface area contributed by atoms with Gasteiger partial charge >= 0.3 is 6.18 Å². The lowest BCUT2D eigenvalue weighted by atomic mass is 9.97. The number of hydrogen-bond acceptors (Lipinski definition) is 8. The van der Waals surface area contributed by atoms with Gasteiger partial charge in [-0.3, -0.25) is 19.3 Å². The van der Waals surface area contributed by atoms with Crippen molar-refractivity contribution in [2.75, 3.05) is 39.3 Å². The number of hydrogen-bond donors (Lipinski definition) is 1. The summed E-state index contributed by atoms with van der Waals surface area (Å²) in [5, 5.41) is 5.47. The number of rotatable bonds is 6. The molecule has 0 aromatic carbocycles. The second-order valence-corrected chi connectivity index (χ2v) is 11.3. The van der Waals surface area contributed by atoms with Gasteiger partial charge in [0.1, 0.15) is 29.9 Å². The summed E-state index contributed by atoms with van der Waals surface area (Å²) < 4.78 is 56.2. The fraction of sp³-hybridized carbons (Fsp3) is 0.464. The highest BCUT2D eigenvalue weighted by atomic mass is 19.4. The van der Waals surface area contributed by atoms with Gasteiger partial charge in [-0.2, -0.15) is 18.3 Å². The van der Waals surface area contributed by atoms with E-state index in [4.69, 9.17) is 0 Å². The van der Waals surface area contributed by atoms with Crippen LogP contribution in [0.25, 0.3) is 22.3 Å². The van der Waals surface area contributed by atoms with Crippen molar-refractivity contribution in [3.05, 3.63) is 60.3 Å². The summed E-state index contributed by atoms with van der Waals surface area (Å²) in [5.41, 5.74) is 2.27. The third-order valence-electron chi connectivity index (χ3n) is 8.43.